The number of likely N-dealkylation sites (tertiary alicyclic amines) is 1. The SMILES string of the molecule is O=C(Nc1ccc(Cl)cn1)c1oc2cccc(CO)c2c1NC(=O)C1CCC(N2CCCC2=O)CC1. The Balaban J connectivity index is 1.37. The molecule has 1 aromatic carbocycles. The number of carbonyl (C=O) groups excluding carboxylic acids is 3. The van der Waals surface area contributed by atoms with E-state index >= 15 is 0 Å². The van der Waals surface area contributed by atoms with Crippen LogP contribution in [-0.2, 0) is 16.2 Å². The molecule has 1 aliphatic carbocycles. The Morgan fingerprint density at radius 2 is 1.94 bits per heavy atom. The maximum absolute atomic E-state index is 13.3. The minimum atomic E-state index is -0.587. The van der Waals surface area contributed by atoms with Crippen LogP contribution < -0.4 is 10.6 Å². The summed E-state index contributed by atoms with van der Waals surface area (Å²) in [5, 5.41) is 16.4. The van der Waals surface area contributed by atoms with Crippen LogP contribution in [0, 0.1) is 5.92 Å². The highest BCUT2D eigenvalue weighted by molar-refractivity contribution is 6.30. The van der Waals surface area contributed by atoms with Gasteiger partial charge < -0.3 is 25.1 Å². The number of aliphatic hydroxyl groups excluding tert-OH is 1. The van der Waals surface area contributed by atoms with E-state index in [1.165, 1.54) is 6.20 Å². The molecule has 1 saturated carbocycles. The second-order valence-corrected chi connectivity index (χ2v) is 9.69. The molecule has 3 aromatic rings. The molecular weight excluding hydrogens is 484 g/mol. The van der Waals surface area contributed by atoms with Crippen LogP contribution in [0.2, 0.25) is 5.02 Å². The summed E-state index contributed by atoms with van der Waals surface area (Å²) >= 11 is 5.88. The summed E-state index contributed by atoms with van der Waals surface area (Å²) in [7, 11) is 0. The van der Waals surface area contributed by atoms with E-state index in [0.29, 0.717) is 40.8 Å². The molecule has 5 rings (SSSR count). The summed E-state index contributed by atoms with van der Waals surface area (Å²) in [6.45, 7) is 0.515. The van der Waals surface area contributed by atoms with Crippen LogP contribution in [0.5, 0.6) is 0 Å². The van der Waals surface area contributed by atoms with Gasteiger partial charge in [0.15, 0.2) is 0 Å². The molecular formula is C26H27ClN4O5. The van der Waals surface area contributed by atoms with Gasteiger partial charge in [-0.25, -0.2) is 4.98 Å². The third-order valence-corrected chi connectivity index (χ3v) is 7.24. The summed E-state index contributed by atoms with van der Waals surface area (Å²) in [4.78, 5) is 44.6. The van der Waals surface area contributed by atoms with Crippen molar-refractivity contribution in [1.29, 1.82) is 0 Å². The van der Waals surface area contributed by atoms with Crippen LogP contribution >= 0.6 is 11.6 Å². The largest absolute Gasteiger partial charge is 0.449 e. The molecule has 10 heteroatoms. The Hall–Kier alpha value is -3.43. The fraction of sp³-hybridized carbons (Fsp3) is 0.385. The van der Waals surface area contributed by atoms with Gasteiger partial charge in [-0.15, -0.1) is 0 Å². The smallest absolute Gasteiger partial charge is 0.294 e. The minimum Gasteiger partial charge on any atom is -0.449 e. The number of aliphatic hydroxyl groups is 1. The van der Waals surface area contributed by atoms with Crippen molar-refractivity contribution in [1.82, 2.24) is 9.88 Å². The molecule has 0 bridgehead atoms. The van der Waals surface area contributed by atoms with Crippen LogP contribution in [0.1, 0.15) is 54.6 Å². The van der Waals surface area contributed by atoms with Crippen molar-refractivity contribution in [3.8, 4) is 0 Å². The van der Waals surface area contributed by atoms with Crippen molar-refractivity contribution in [2.24, 2.45) is 5.92 Å². The van der Waals surface area contributed by atoms with Gasteiger partial charge in [-0.05, 0) is 55.9 Å². The second kappa shape index (κ2) is 10.3. The quantitative estimate of drug-likeness (QED) is 0.453. The van der Waals surface area contributed by atoms with E-state index < -0.39 is 5.91 Å². The van der Waals surface area contributed by atoms with Gasteiger partial charge in [0.2, 0.25) is 17.6 Å². The monoisotopic (exact) mass is 510 g/mol. The molecule has 2 aliphatic rings. The van der Waals surface area contributed by atoms with E-state index in [9.17, 15) is 19.5 Å². The number of hydrogen-bond donors (Lipinski definition) is 3. The zero-order valence-corrected chi connectivity index (χ0v) is 20.4. The predicted molar refractivity (Wildman–Crippen MR) is 135 cm³/mol. The number of nitrogens with zero attached hydrogens (tertiary/aromatic N) is 2. The average Bonchev–Trinajstić information content (AvgIpc) is 3.49. The maximum Gasteiger partial charge on any atom is 0.294 e. The Kier molecular flexibility index (Phi) is 6.93. The standard InChI is InChI=1S/C26H27ClN4O5/c27-17-8-11-20(28-13-17)29-26(35)24-23(22-16(14-32)3-1-4-19(22)36-24)30-25(34)15-6-9-18(10-7-15)31-12-2-5-21(31)33/h1,3-4,8,11,13,15,18,32H,2,5-7,9-10,12,14H2,(H,30,34)(H,28,29,35). The molecule has 9 nitrogen and oxygen atoms in total. The lowest BCUT2D eigenvalue weighted by Gasteiger charge is -2.34. The zero-order valence-electron chi connectivity index (χ0n) is 19.6. The molecule has 0 radical (unpaired) electrons. The van der Waals surface area contributed by atoms with Crippen LogP contribution in [0.15, 0.2) is 40.9 Å². The molecule has 36 heavy (non-hydrogen) atoms. The summed E-state index contributed by atoms with van der Waals surface area (Å²) in [5.41, 5.74) is 1.14. The number of anilines is 2. The van der Waals surface area contributed by atoms with Crippen molar-refractivity contribution in [3.05, 3.63) is 52.9 Å². The summed E-state index contributed by atoms with van der Waals surface area (Å²) in [6, 6.07) is 8.46. The van der Waals surface area contributed by atoms with E-state index in [-0.39, 0.29) is 47.6 Å². The van der Waals surface area contributed by atoms with Gasteiger partial charge in [0.05, 0.1) is 17.0 Å². The highest BCUT2D eigenvalue weighted by atomic mass is 35.5. The molecule has 188 valence electrons. The molecule has 3 amide bonds. The molecule has 0 spiro atoms. The lowest BCUT2D eigenvalue weighted by Crippen LogP contribution is -2.40. The number of rotatable bonds is 6. The van der Waals surface area contributed by atoms with Crippen molar-refractivity contribution >= 4 is 51.8 Å². The van der Waals surface area contributed by atoms with Gasteiger partial charge in [-0.2, -0.15) is 0 Å². The van der Waals surface area contributed by atoms with Crippen molar-refractivity contribution < 1.29 is 23.9 Å². The molecule has 3 heterocycles. The lowest BCUT2D eigenvalue weighted by molar-refractivity contribution is -0.130. The second-order valence-electron chi connectivity index (χ2n) is 9.26. The topological polar surface area (TPSA) is 125 Å². The fourth-order valence-electron chi connectivity index (χ4n) is 5.18. The Morgan fingerprint density at radius 3 is 2.61 bits per heavy atom. The Labute approximate surface area is 212 Å². The van der Waals surface area contributed by atoms with Crippen molar-refractivity contribution in [3.63, 3.8) is 0 Å². The van der Waals surface area contributed by atoms with Crippen molar-refractivity contribution in [2.75, 3.05) is 17.2 Å². The van der Waals surface area contributed by atoms with Gasteiger partial charge in [-0.3, -0.25) is 14.4 Å². The first-order chi connectivity index (χ1) is 17.4. The third-order valence-electron chi connectivity index (χ3n) is 7.01. The van der Waals surface area contributed by atoms with Crippen molar-refractivity contribution in [2.45, 2.75) is 51.2 Å². The first kappa shape index (κ1) is 24.3. The van der Waals surface area contributed by atoms with Gasteiger partial charge >= 0.3 is 0 Å². The Bertz CT molecular complexity index is 1300. The highest BCUT2D eigenvalue weighted by Gasteiger charge is 2.34. The van der Waals surface area contributed by atoms with Crippen LogP contribution in [0.4, 0.5) is 11.5 Å². The highest BCUT2D eigenvalue weighted by Crippen LogP contribution is 2.36. The van der Waals surface area contributed by atoms with Crippen LogP contribution in [-0.4, -0.2) is 45.3 Å². The van der Waals surface area contributed by atoms with Gasteiger partial charge in [-0.1, -0.05) is 23.7 Å². The number of hydrogen-bond acceptors (Lipinski definition) is 6. The molecule has 2 fully saturated rings. The maximum atomic E-state index is 13.3. The summed E-state index contributed by atoms with van der Waals surface area (Å²) in [5.74, 6) is -0.646. The zero-order chi connectivity index (χ0) is 25.2. The van der Waals surface area contributed by atoms with Gasteiger partial charge in [0.25, 0.3) is 5.91 Å². The third kappa shape index (κ3) is 4.81. The van der Waals surface area contributed by atoms with Crippen LogP contribution in [0.25, 0.3) is 11.0 Å². The first-order valence-electron chi connectivity index (χ1n) is 12.1. The van der Waals surface area contributed by atoms with Crippen LogP contribution in [0.3, 0.4) is 0 Å². The number of carbonyl (C=O) groups is 3. The number of amides is 3. The fourth-order valence-corrected chi connectivity index (χ4v) is 5.30. The average molecular weight is 511 g/mol. The summed E-state index contributed by atoms with van der Waals surface area (Å²) < 4.78 is 5.85. The normalized spacial score (nSPS) is 20.1. The number of pyridine rings is 1. The number of halogens is 1. The predicted octanol–water partition coefficient (Wildman–Crippen LogP) is 4.35. The van der Waals surface area contributed by atoms with E-state index in [4.69, 9.17) is 16.0 Å². The molecule has 3 N–H and O–H groups in total. The number of nitrogens with one attached hydrogen (secondary N) is 2. The molecule has 2 aromatic heterocycles. The molecule has 0 unspecified atom stereocenters. The summed E-state index contributed by atoms with van der Waals surface area (Å²) in [6.07, 6.45) is 5.77. The number of furan rings is 1. The van der Waals surface area contributed by atoms with Gasteiger partial charge in [0.1, 0.15) is 17.1 Å². The van der Waals surface area contributed by atoms with E-state index in [1.807, 2.05) is 4.90 Å². The van der Waals surface area contributed by atoms with E-state index in [2.05, 4.69) is 15.6 Å². The number of aromatic nitrogens is 1. The van der Waals surface area contributed by atoms with Gasteiger partial charge in [0, 0.05) is 31.1 Å². The molecule has 1 saturated heterocycles. The number of fused-ring (bicyclic) bond motifs is 1. The van der Waals surface area contributed by atoms with E-state index in [0.717, 1.165) is 25.8 Å². The first-order valence-corrected chi connectivity index (χ1v) is 12.5. The number of benzene rings is 1. The lowest BCUT2D eigenvalue weighted by atomic mass is 9.84. The Morgan fingerprint density at radius 1 is 1.14 bits per heavy atom. The minimum absolute atomic E-state index is 0.0765. The molecule has 1 aliphatic heterocycles. The van der Waals surface area contributed by atoms with E-state index in [1.54, 1.807) is 30.3 Å². The molecule has 0 atom stereocenters.